The van der Waals surface area contributed by atoms with Crippen LogP contribution in [0.1, 0.15) is 29.0 Å². The summed E-state index contributed by atoms with van der Waals surface area (Å²) >= 11 is 0. The molecule has 1 aliphatic carbocycles. The molecule has 0 saturated heterocycles. The van der Waals surface area contributed by atoms with Gasteiger partial charge in [-0.25, -0.2) is 5.84 Å². The third-order valence-electron chi connectivity index (χ3n) is 3.73. The Labute approximate surface area is 117 Å². The molecule has 106 valence electrons. The van der Waals surface area contributed by atoms with Gasteiger partial charge in [-0.15, -0.1) is 0 Å². The second kappa shape index (κ2) is 5.26. The van der Waals surface area contributed by atoms with Crippen molar-refractivity contribution < 1.29 is 9.21 Å². The number of furan rings is 1. The van der Waals surface area contributed by atoms with Crippen molar-refractivity contribution in [3.8, 4) is 0 Å². The lowest BCUT2D eigenvalue weighted by atomic mass is 10.1. The van der Waals surface area contributed by atoms with Crippen molar-refractivity contribution in [1.82, 2.24) is 10.3 Å². The minimum atomic E-state index is -0.379. The first kappa shape index (κ1) is 13.1. The molecule has 0 bridgehead atoms. The first-order chi connectivity index (χ1) is 9.69. The predicted molar refractivity (Wildman–Crippen MR) is 76.9 cm³/mol. The van der Waals surface area contributed by atoms with Gasteiger partial charge in [0.25, 0.3) is 0 Å². The number of rotatable bonds is 5. The van der Waals surface area contributed by atoms with Crippen LogP contribution < -0.4 is 11.3 Å². The van der Waals surface area contributed by atoms with Gasteiger partial charge in [0, 0.05) is 24.0 Å². The number of carbonyl (C=O) groups is 1. The zero-order chi connectivity index (χ0) is 14.1. The van der Waals surface area contributed by atoms with E-state index in [1.54, 1.807) is 0 Å². The van der Waals surface area contributed by atoms with Gasteiger partial charge < -0.3 is 9.32 Å². The number of amides is 1. The van der Waals surface area contributed by atoms with E-state index < -0.39 is 0 Å². The highest BCUT2D eigenvalue weighted by Gasteiger charge is 2.25. The molecule has 1 aliphatic rings. The van der Waals surface area contributed by atoms with Crippen molar-refractivity contribution in [1.29, 1.82) is 0 Å². The highest BCUT2D eigenvalue weighted by molar-refractivity contribution is 5.98. The standard InChI is InChI=1S/C15H19N3O2/c1-18(8-10-6-7-10)9-12-11-4-2-3-5-13(11)20-14(12)15(19)17-16/h2-5,10H,6-9,16H2,1H3,(H,17,19). The van der Waals surface area contributed by atoms with Crippen LogP contribution in [-0.4, -0.2) is 24.4 Å². The summed E-state index contributed by atoms with van der Waals surface area (Å²) in [7, 11) is 2.07. The Bertz CT molecular complexity index is 631. The van der Waals surface area contributed by atoms with Gasteiger partial charge in [0.2, 0.25) is 0 Å². The monoisotopic (exact) mass is 273 g/mol. The molecule has 0 aliphatic heterocycles. The summed E-state index contributed by atoms with van der Waals surface area (Å²) < 4.78 is 5.65. The van der Waals surface area contributed by atoms with Gasteiger partial charge in [0.05, 0.1) is 0 Å². The summed E-state index contributed by atoms with van der Waals surface area (Å²) in [6, 6.07) is 7.69. The molecule has 1 heterocycles. The number of nitrogens with two attached hydrogens (primary N) is 1. The number of hydrogen-bond acceptors (Lipinski definition) is 4. The van der Waals surface area contributed by atoms with Gasteiger partial charge in [0.1, 0.15) is 5.58 Å². The summed E-state index contributed by atoms with van der Waals surface area (Å²) in [5, 5.41) is 0.980. The molecule has 20 heavy (non-hydrogen) atoms. The molecule has 5 nitrogen and oxygen atoms in total. The molecule has 0 atom stereocenters. The van der Waals surface area contributed by atoms with Crippen LogP contribution in [0.25, 0.3) is 11.0 Å². The fraction of sp³-hybridized carbons (Fsp3) is 0.400. The van der Waals surface area contributed by atoms with Gasteiger partial charge in [-0.05, 0) is 31.9 Å². The molecule has 2 aromatic rings. The van der Waals surface area contributed by atoms with Crippen LogP contribution >= 0.6 is 0 Å². The van der Waals surface area contributed by atoms with Crippen LogP contribution in [0.2, 0.25) is 0 Å². The van der Waals surface area contributed by atoms with Crippen molar-refractivity contribution in [2.24, 2.45) is 11.8 Å². The van der Waals surface area contributed by atoms with E-state index in [-0.39, 0.29) is 5.91 Å². The second-order valence-electron chi connectivity index (χ2n) is 5.52. The topological polar surface area (TPSA) is 71.5 Å². The van der Waals surface area contributed by atoms with Crippen molar-refractivity contribution >= 4 is 16.9 Å². The Kier molecular flexibility index (Phi) is 3.46. The fourth-order valence-electron chi connectivity index (χ4n) is 2.58. The van der Waals surface area contributed by atoms with E-state index in [0.29, 0.717) is 12.3 Å². The lowest BCUT2D eigenvalue weighted by molar-refractivity contribution is 0.0925. The number of fused-ring (bicyclic) bond motifs is 1. The second-order valence-corrected chi connectivity index (χ2v) is 5.52. The van der Waals surface area contributed by atoms with Gasteiger partial charge in [0.15, 0.2) is 5.76 Å². The molecule has 1 saturated carbocycles. The molecule has 3 N–H and O–H groups in total. The zero-order valence-corrected chi connectivity index (χ0v) is 11.6. The maximum Gasteiger partial charge on any atom is 0.301 e. The molecule has 0 radical (unpaired) electrons. The van der Waals surface area contributed by atoms with Crippen molar-refractivity contribution in [2.45, 2.75) is 19.4 Å². The number of nitrogen functional groups attached to an aromatic ring is 1. The average Bonchev–Trinajstić information content (AvgIpc) is 3.19. The van der Waals surface area contributed by atoms with E-state index >= 15 is 0 Å². The van der Waals surface area contributed by atoms with E-state index in [0.717, 1.165) is 29.0 Å². The first-order valence-electron chi connectivity index (χ1n) is 6.89. The average molecular weight is 273 g/mol. The minimum absolute atomic E-state index is 0.316. The molecule has 1 amide bonds. The molecule has 1 aromatic heterocycles. The summed E-state index contributed by atoms with van der Waals surface area (Å²) in [4.78, 5) is 14.1. The molecule has 3 rings (SSSR count). The lowest BCUT2D eigenvalue weighted by Gasteiger charge is -2.16. The van der Waals surface area contributed by atoms with Gasteiger partial charge >= 0.3 is 5.91 Å². The Balaban J connectivity index is 1.94. The van der Waals surface area contributed by atoms with Gasteiger partial charge in [-0.3, -0.25) is 10.2 Å². The van der Waals surface area contributed by atoms with Crippen molar-refractivity contribution in [3.63, 3.8) is 0 Å². The van der Waals surface area contributed by atoms with Crippen LogP contribution in [0.5, 0.6) is 0 Å². The Morgan fingerprint density at radius 3 is 2.90 bits per heavy atom. The number of para-hydroxylation sites is 1. The van der Waals surface area contributed by atoms with Crippen LogP contribution in [0.4, 0.5) is 0 Å². The number of carbonyl (C=O) groups excluding carboxylic acids is 1. The van der Waals surface area contributed by atoms with Crippen LogP contribution in [0, 0.1) is 5.92 Å². The van der Waals surface area contributed by atoms with Crippen LogP contribution in [0.15, 0.2) is 28.7 Å². The summed E-state index contributed by atoms with van der Waals surface area (Å²) in [6.07, 6.45) is 2.62. The van der Waals surface area contributed by atoms with E-state index in [4.69, 9.17) is 10.3 Å². The largest absolute Gasteiger partial charge is 0.451 e. The molecule has 5 heteroatoms. The highest BCUT2D eigenvalue weighted by atomic mass is 16.3. The molecule has 1 aromatic carbocycles. The molecule has 0 unspecified atom stereocenters. The zero-order valence-electron chi connectivity index (χ0n) is 11.6. The SMILES string of the molecule is CN(Cc1c(C(=O)NN)oc2ccccc12)CC1CC1. The van der Waals surface area contributed by atoms with Gasteiger partial charge in [-0.2, -0.15) is 0 Å². The molecule has 0 spiro atoms. The van der Waals surface area contributed by atoms with Crippen LogP contribution in [-0.2, 0) is 6.54 Å². The maximum atomic E-state index is 11.9. The number of hydrazine groups is 1. The Morgan fingerprint density at radius 1 is 1.45 bits per heavy atom. The third kappa shape index (κ3) is 2.55. The summed E-state index contributed by atoms with van der Waals surface area (Å²) in [5.74, 6) is 5.99. The number of hydrogen-bond donors (Lipinski definition) is 2. The van der Waals surface area contributed by atoms with E-state index in [9.17, 15) is 4.79 Å². The number of nitrogens with one attached hydrogen (secondary N) is 1. The predicted octanol–water partition coefficient (Wildman–Crippen LogP) is 1.88. The highest BCUT2D eigenvalue weighted by Crippen LogP contribution is 2.31. The molecule has 1 fully saturated rings. The number of benzene rings is 1. The molecular formula is C15H19N3O2. The quantitative estimate of drug-likeness (QED) is 0.495. The van der Waals surface area contributed by atoms with Crippen molar-refractivity contribution in [3.05, 3.63) is 35.6 Å². The first-order valence-corrected chi connectivity index (χ1v) is 6.89. The fourth-order valence-corrected chi connectivity index (χ4v) is 2.58. The maximum absolute atomic E-state index is 11.9. The Morgan fingerprint density at radius 2 is 2.20 bits per heavy atom. The van der Waals surface area contributed by atoms with Crippen LogP contribution in [0.3, 0.4) is 0 Å². The van der Waals surface area contributed by atoms with E-state index in [2.05, 4.69) is 17.4 Å². The summed E-state index contributed by atoms with van der Waals surface area (Å²) in [6.45, 7) is 1.75. The number of nitrogens with zero attached hydrogens (tertiary/aromatic N) is 1. The summed E-state index contributed by atoms with van der Waals surface area (Å²) in [5.41, 5.74) is 3.79. The normalized spacial score (nSPS) is 14.9. The van der Waals surface area contributed by atoms with E-state index in [1.807, 2.05) is 24.3 Å². The molecular weight excluding hydrogens is 254 g/mol. The van der Waals surface area contributed by atoms with E-state index in [1.165, 1.54) is 12.8 Å². The minimum Gasteiger partial charge on any atom is -0.451 e. The smallest absolute Gasteiger partial charge is 0.301 e. The van der Waals surface area contributed by atoms with Gasteiger partial charge in [-0.1, -0.05) is 18.2 Å². The third-order valence-corrected chi connectivity index (χ3v) is 3.73. The van der Waals surface area contributed by atoms with Crippen molar-refractivity contribution in [2.75, 3.05) is 13.6 Å². The Hall–Kier alpha value is -1.85. The lowest BCUT2D eigenvalue weighted by Crippen LogP contribution is -2.31.